The molecule has 1 unspecified atom stereocenters. The molecule has 1 N–H and O–H groups in total. The number of nitrogens with zero attached hydrogens (tertiary/aromatic N) is 3. The number of carbonyl (C=O) groups is 2. The molecule has 1 aliphatic heterocycles. The van der Waals surface area contributed by atoms with E-state index in [0.717, 1.165) is 0 Å². The van der Waals surface area contributed by atoms with Crippen molar-refractivity contribution in [3.05, 3.63) is 78.1 Å². The smallest absolute Gasteiger partial charge is 0.295 e. The number of aliphatic hydroxyl groups excluding tert-OH is 1. The van der Waals surface area contributed by atoms with Gasteiger partial charge in [0, 0.05) is 24.8 Å². The van der Waals surface area contributed by atoms with E-state index in [1.807, 2.05) is 19.0 Å². The second kappa shape index (κ2) is 9.37. The Morgan fingerprint density at radius 3 is 2.57 bits per heavy atom. The average molecular weight is 407 g/mol. The number of Topliss-reactive ketones (excluding diaryl/α,β-unsaturated/α-hetero) is 1. The first-order valence-electron chi connectivity index (χ1n) is 9.62. The molecular weight excluding hydrogens is 382 g/mol. The molecular formula is C23H25N3O4. The number of ketones is 1. The van der Waals surface area contributed by atoms with Crippen molar-refractivity contribution in [2.24, 2.45) is 0 Å². The third-order valence-corrected chi connectivity index (χ3v) is 4.79. The van der Waals surface area contributed by atoms with Crippen LogP contribution < -0.4 is 4.74 Å². The first kappa shape index (κ1) is 21.3. The summed E-state index contributed by atoms with van der Waals surface area (Å²) in [5, 5.41) is 11.0. The van der Waals surface area contributed by atoms with E-state index in [1.165, 1.54) is 4.90 Å². The third kappa shape index (κ3) is 4.41. The molecule has 0 radical (unpaired) electrons. The van der Waals surface area contributed by atoms with Gasteiger partial charge in [0.25, 0.3) is 11.7 Å². The van der Waals surface area contributed by atoms with Crippen molar-refractivity contribution in [3.8, 4) is 5.75 Å². The fraction of sp³-hybridized carbons (Fsp3) is 0.261. The van der Waals surface area contributed by atoms with Gasteiger partial charge in [0.1, 0.15) is 24.2 Å². The Morgan fingerprint density at radius 2 is 1.97 bits per heavy atom. The summed E-state index contributed by atoms with van der Waals surface area (Å²) < 4.78 is 5.46. The summed E-state index contributed by atoms with van der Waals surface area (Å²) >= 11 is 0. The van der Waals surface area contributed by atoms with Gasteiger partial charge in [-0.25, -0.2) is 0 Å². The topological polar surface area (TPSA) is 83.0 Å². The maximum absolute atomic E-state index is 12.9. The average Bonchev–Trinajstić information content (AvgIpc) is 3.01. The molecule has 1 fully saturated rings. The Balaban J connectivity index is 2.03. The van der Waals surface area contributed by atoms with Crippen molar-refractivity contribution in [3.63, 3.8) is 0 Å². The van der Waals surface area contributed by atoms with Gasteiger partial charge in [0.2, 0.25) is 0 Å². The number of aliphatic hydroxyl groups is 1. The van der Waals surface area contributed by atoms with Crippen LogP contribution in [0, 0.1) is 0 Å². The van der Waals surface area contributed by atoms with Gasteiger partial charge in [0.05, 0.1) is 11.3 Å². The SMILES string of the molecule is C=CCOc1ccc(/C(O)=C2/C(=O)C(=O)N(CCN(C)C)C2c2ccccn2)cc1. The first-order chi connectivity index (χ1) is 14.4. The van der Waals surface area contributed by atoms with Crippen LogP contribution in [0.2, 0.25) is 0 Å². The van der Waals surface area contributed by atoms with Crippen LogP contribution >= 0.6 is 0 Å². The predicted molar refractivity (Wildman–Crippen MR) is 114 cm³/mol. The number of benzene rings is 1. The number of hydrogen-bond acceptors (Lipinski definition) is 6. The lowest BCUT2D eigenvalue weighted by atomic mass is 9.98. The number of hydrogen-bond donors (Lipinski definition) is 1. The van der Waals surface area contributed by atoms with E-state index in [9.17, 15) is 14.7 Å². The largest absolute Gasteiger partial charge is 0.507 e. The molecule has 1 amide bonds. The quantitative estimate of drug-likeness (QED) is 0.314. The van der Waals surface area contributed by atoms with Crippen LogP contribution in [0.5, 0.6) is 5.75 Å². The Morgan fingerprint density at radius 1 is 1.23 bits per heavy atom. The Kier molecular flexibility index (Phi) is 6.64. The second-order valence-corrected chi connectivity index (χ2v) is 7.17. The fourth-order valence-corrected chi connectivity index (χ4v) is 3.28. The summed E-state index contributed by atoms with van der Waals surface area (Å²) in [6, 6.07) is 11.2. The Hall–Kier alpha value is -3.45. The van der Waals surface area contributed by atoms with Crippen LogP contribution in [0.25, 0.3) is 5.76 Å². The van der Waals surface area contributed by atoms with Crippen molar-refractivity contribution in [1.82, 2.24) is 14.8 Å². The van der Waals surface area contributed by atoms with Crippen molar-refractivity contribution >= 4 is 17.4 Å². The summed E-state index contributed by atoms with van der Waals surface area (Å²) in [5.74, 6) is -0.973. The van der Waals surface area contributed by atoms with Crippen LogP contribution in [-0.4, -0.2) is 65.4 Å². The van der Waals surface area contributed by atoms with Crippen LogP contribution in [0.4, 0.5) is 0 Å². The van der Waals surface area contributed by atoms with Gasteiger partial charge in [-0.3, -0.25) is 14.6 Å². The van der Waals surface area contributed by atoms with Crippen LogP contribution in [0.1, 0.15) is 17.3 Å². The fourth-order valence-electron chi connectivity index (χ4n) is 3.28. The number of ether oxygens (including phenoxy) is 1. The molecule has 7 heteroatoms. The Labute approximate surface area is 175 Å². The molecule has 2 heterocycles. The van der Waals surface area contributed by atoms with Crippen molar-refractivity contribution < 1.29 is 19.4 Å². The zero-order chi connectivity index (χ0) is 21.7. The summed E-state index contributed by atoms with van der Waals surface area (Å²) in [7, 11) is 3.78. The summed E-state index contributed by atoms with van der Waals surface area (Å²) in [6.07, 6.45) is 3.24. The third-order valence-electron chi connectivity index (χ3n) is 4.79. The predicted octanol–water partition coefficient (Wildman–Crippen LogP) is 2.63. The highest BCUT2D eigenvalue weighted by Crippen LogP contribution is 2.38. The van der Waals surface area contributed by atoms with E-state index in [1.54, 1.807) is 54.7 Å². The number of amides is 1. The molecule has 156 valence electrons. The highest BCUT2D eigenvalue weighted by atomic mass is 16.5. The van der Waals surface area contributed by atoms with E-state index >= 15 is 0 Å². The van der Waals surface area contributed by atoms with Crippen LogP contribution in [0.3, 0.4) is 0 Å². The molecule has 3 rings (SSSR count). The van der Waals surface area contributed by atoms with Gasteiger partial charge < -0.3 is 19.6 Å². The molecule has 1 aliphatic rings. The van der Waals surface area contributed by atoms with Gasteiger partial charge in [-0.15, -0.1) is 0 Å². The molecule has 1 aromatic heterocycles. The number of rotatable bonds is 8. The number of carbonyl (C=O) groups excluding carboxylic acids is 2. The normalized spacial score (nSPS) is 18.1. The zero-order valence-electron chi connectivity index (χ0n) is 17.1. The number of likely N-dealkylation sites (N-methyl/N-ethyl adjacent to an activating group) is 1. The van der Waals surface area contributed by atoms with Crippen LogP contribution in [0.15, 0.2) is 66.9 Å². The van der Waals surface area contributed by atoms with E-state index in [4.69, 9.17) is 4.74 Å². The monoisotopic (exact) mass is 407 g/mol. The molecule has 7 nitrogen and oxygen atoms in total. The minimum atomic E-state index is -0.747. The molecule has 1 atom stereocenters. The van der Waals surface area contributed by atoms with Gasteiger partial charge in [-0.1, -0.05) is 18.7 Å². The zero-order valence-corrected chi connectivity index (χ0v) is 17.1. The number of aromatic nitrogens is 1. The molecule has 0 spiro atoms. The van der Waals surface area contributed by atoms with E-state index in [-0.39, 0.29) is 11.3 Å². The lowest BCUT2D eigenvalue weighted by Gasteiger charge is -2.25. The minimum absolute atomic E-state index is 0.0391. The molecule has 0 saturated carbocycles. The second-order valence-electron chi connectivity index (χ2n) is 7.17. The van der Waals surface area contributed by atoms with E-state index < -0.39 is 17.7 Å². The lowest BCUT2D eigenvalue weighted by Crippen LogP contribution is -2.35. The standard InChI is InChI=1S/C23H25N3O4/c1-4-15-30-17-10-8-16(9-11-17)21(27)19-20(18-7-5-6-12-24-18)26(14-13-25(2)3)23(29)22(19)28/h4-12,20,27H,1,13-15H2,2-3H3/b21-19-. The molecule has 30 heavy (non-hydrogen) atoms. The highest BCUT2D eigenvalue weighted by Gasteiger charge is 2.46. The van der Waals surface area contributed by atoms with Gasteiger partial charge in [-0.05, 0) is 50.5 Å². The van der Waals surface area contributed by atoms with Crippen molar-refractivity contribution in [1.29, 1.82) is 0 Å². The van der Waals surface area contributed by atoms with Gasteiger partial charge >= 0.3 is 0 Å². The van der Waals surface area contributed by atoms with Crippen molar-refractivity contribution in [2.45, 2.75) is 6.04 Å². The van der Waals surface area contributed by atoms with Crippen LogP contribution in [-0.2, 0) is 9.59 Å². The van der Waals surface area contributed by atoms with E-state index in [2.05, 4.69) is 11.6 Å². The summed E-state index contributed by atoms with van der Waals surface area (Å²) in [6.45, 7) is 4.88. The maximum atomic E-state index is 12.9. The number of pyridine rings is 1. The number of likely N-dealkylation sites (tertiary alicyclic amines) is 1. The Bertz CT molecular complexity index is 952. The highest BCUT2D eigenvalue weighted by molar-refractivity contribution is 6.46. The summed E-state index contributed by atoms with van der Waals surface area (Å²) in [5.41, 5.74) is 0.993. The first-order valence-corrected chi connectivity index (χ1v) is 9.62. The maximum Gasteiger partial charge on any atom is 0.295 e. The van der Waals surface area contributed by atoms with Crippen molar-refractivity contribution in [2.75, 3.05) is 33.8 Å². The molecule has 2 aromatic rings. The molecule has 1 aromatic carbocycles. The minimum Gasteiger partial charge on any atom is -0.507 e. The molecule has 0 aliphatic carbocycles. The van der Waals surface area contributed by atoms with E-state index in [0.29, 0.717) is 36.7 Å². The van der Waals surface area contributed by atoms with Gasteiger partial charge in [0.15, 0.2) is 0 Å². The summed E-state index contributed by atoms with van der Waals surface area (Å²) in [4.78, 5) is 33.4. The molecule has 1 saturated heterocycles. The molecule has 0 bridgehead atoms. The van der Waals surface area contributed by atoms with Gasteiger partial charge in [-0.2, -0.15) is 0 Å². The lowest BCUT2D eigenvalue weighted by molar-refractivity contribution is -0.140.